The van der Waals surface area contributed by atoms with E-state index in [1.807, 2.05) is 11.3 Å². The van der Waals surface area contributed by atoms with Crippen molar-refractivity contribution in [2.75, 3.05) is 13.1 Å². The number of rotatable bonds is 1. The average Bonchev–Trinajstić information content (AvgIpc) is 2.74. The molecule has 78 valence electrons. The normalized spacial score (nSPS) is 22.0. The number of hydrogen-bond acceptors (Lipinski definition) is 2. The number of piperidine rings is 1. The van der Waals surface area contributed by atoms with Crippen LogP contribution in [0, 0.1) is 0 Å². The summed E-state index contributed by atoms with van der Waals surface area (Å²) in [5.41, 5.74) is 0. The second-order valence-electron chi connectivity index (χ2n) is 4.23. The summed E-state index contributed by atoms with van der Waals surface area (Å²) >= 11 is 1.96. The Morgan fingerprint density at radius 3 is 3.00 bits per heavy atom. The van der Waals surface area contributed by atoms with E-state index in [1.54, 1.807) is 4.88 Å². The van der Waals surface area contributed by atoms with Crippen LogP contribution in [0.5, 0.6) is 0 Å². The van der Waals surface area contributed by atoms with Crippen molar-refractivity contribution in [2.45, 2.75) is 18.8 Å². The summed E-state index contributed by atoms with van der Waals surface area (Å²) in [6.07, 6.45) is 2.67. The third-order valence-electron chi connectivity index (χ3n) is 3.14. The van der Waals surface area contributed by atoms with Gasteiger partial charge in [0.1, 0.15) is 0 Å². The zero-order chi connectivity index (χ0) is 10.1. The van der Waals surface area contributed by atoms with Gasteiger partial charge in [-0.05, 0) is 36.9 Å². The number of hydrogen-bond donors (Lipinski definition) is 1. The maximum absolute atomic E-state index is 3.48. The van der Waals surface area contributed by atoms with Gasteiger partial charge in [-0.25, -0.2) is 0 Å². The SMILES string of the molecule is c1ccc2sc(C3CCCNC3)cc2c1. The van der Waals surface area contributed by atoms with Gasteiger partial charge in [0.2, 0.25) is 0 Å². The van der Waals surface area contributed by atoms with E-state index < -0.39 is 0 Å². The summed E-state index contributed by atoms with van der Waals surface area (Å²) in [5, 5.41) is 4.89. The minimum atomic E-state index is 0.746. The zero-order valence-corrected chi connectivity index (χ0v) is 9.52. The van der Waals surface area contributed by atoms with Gasteiger partial charge in [-0.1, -0.05) is 18.2 Å². The maximum atomic E-state index is 3.48. The Balaban J connectivity index is 1.96. The Kier molecular flexibility index (Phi) is 2.47. The van der Waals surface area contributed by atoms with Crippen LogP contribution in [0.1, 0.15) is 23.6 Å². The van der Waals surface area contributed by atoms with Crippen LogP contribution in [0.4, 0.5) is 0 Å². The molecule has 1 aromatic heterocycles. The van der Waals surface area contributed by atoms with Crippen LogP contribution in [-0.4, -0.2) is 13.1 Å². The molecule has 2 aromatic rings. The van der Waals surface area contributed by atoms with E-state index in [9.17, 15) is 0 Å². The molecule has 1 atom stereocenters. The lowest BCUT2D eigenvalue weighted by atomic mass is 9.98. The van der Waals surface area contributed by atoms with Crippen LogP contribution in [-0.2, 0) is 0 Å². The molecule has 1 nitrogen and oxygen atoms in total. The molecular formula is C13H15NS. The van der Waals surface area contributed by atoms with Crippen LogP contribution in [0.2, 0.25) is 0 Å². The topological polar surface area (TPSA) is 12.0 Å². The second kappa shape index (κ2) is 3.95. The largest absolute Gasteiger partial charge is 0.316 e. The summed E-state index contributed by atoms with van der Waals surface area (Å²) in [4.78, 5) is 1.56. The first kappa shape index (κ1) is 9.37. The highest BCUT2D eigenvalue weighted by atomic mass is 32.1. The molecule has 0 bridgehead atoms. The average molecular weight is 217 g/mol. The molecule has 2 heteroatoms. The molecule has 1 N–H and O–H groups in total. The van der Waals surface area contributed by atoms with Gasteiger partial charge in [0.05, 0.1) is 0 Å². The molecule has 3 rings (SSSR count). The maximum Gasteiger partial charge on any atom is 0.0345 e. The van der Waals surface area contributed by atoms with Crippen LogP contribution >= 0.6 is 11.3 Å². The van der Waals surface area contributed by atoms with Crippen LogP contribution in [0.15, 0.2) is 30.3 Å². The standard InChI is InChI=1S/C13H15NS/c1-2-6-12-10(4-1)8-13(15-12)11-5-3-7-14-9-11/h1-2,4,6,8,11,14H,3,5,7,9H2. The highest BCUT2D eigenvalue weighted by Gasteiger charge is 2.16. The lowest BCUT2D eigenvalue weighted by Gasteiger charge is -2.21. The molecule has 0 aliphatic carbocycles. The van der Waals surface area contributed by atoms with Crippen LogP contribution < -0.4 is 5.32 Å². The third-order valence-corrected chi connectivity index (χ3v) is 4.42. The summed E-state index contributed by atoms with van der Waals surface area (Å²) in [6.45, 7) is 2.36. The highest BCUT2D eigenvalue weighted by Crippen LogP contribution is 2.33. The van der Waals surface area contributed by atoms with Crippen molar-refractivity contribution < 1.29 is 0 Å². The van der Waals surface area contributed by atoms with Gasteiger partial charge in [-0.15, -0.1) is 11.3 Å². The van der Waals surface area contributed by atoms with Gasteiger partial charge in [-0.2, -0.15) is 0 Å². The van der Waals surface area contributed by atoms with Gasteiger partial charge in [0.25, 0.3) is 0 Å². The number of thiophene rings is 1. The molecule has 2 heterocycles. The van der Waals surface area contributed by atoms with E-state index in [-0.39, 0.29) is 0 Å². The van der Waals surface area contributed by atoms with Gasteiger partial charge >= 0.3 is 0 Å². The smallest absolute Gasteiger partial charge is 0.0345 e. The third kappa shape index (κ3) is 1.80. The Bertz CT molecular complexity index is 421. The Morgan fingerprint density at radius 2 is 2.20 bits per heavy atom. The van der Waals surface area contributed by atoms with Crippen molar-refractivity contribution in [3.8, 4) is 0 Å². The fraction of sp³-hybridized carbons (Fsp3) is 0.385. The highest BCUT2D eigenvalue weighted by molar-refractivity contribution is 7.19. The predicted molar refractivity (Wildman–Crippen MR) is 66.7 cm³/mol. The molecule has 1 unspecified atom stereocenters. The minimum absolute atomic E-state index is 0.746. The minimum Gasteiger partial charge on any atom is -0.316 e. The van der Waals surface area contributed by atoms with Crippen molar-refractivity contribution in [2.24, 2.45) is 0 Å². The van der Waals surface area contributed by atoms with Crippen LogP contribution in [0.25, 0.3) is 10.1 Å². The summed E-state index contributed by atoms with van der Waals surface area (Å²) in [5.74, 6) is 0.746. The van der Waals surface area contributed by atoms with Gasteiger partial charge < -0.3 is 5.32 Å². The lowest BCUT2D eigenvalue weighted by molar-refractivity contribution is 0.466. The molecule has 1 aliphatic heterocycles. The number of fused-ring (bicyclic) bond motifs is 1. The van der Waals surface area contributed by atoms with Crippen molar-refractivity contribution in [3.05, 3.63) is 35.2 Å². The predicted octanol–water partition coefficient (Wildman–Crippen LogP) is 3.37. The quantitative estimate of drug-likeness (QED) is 0.772. The van der Waals surface area contributed by atoms with Crippen molar-refractivity contribution in [1.29, 1.82) is 0 Å². The first-order chi connectivity index (χ1) is 7.43. The number of benzene rings is 1. The van der Waals surface area contributed by atoms with Crippen molar-refractivity contribution in [1.82, 2.24) is 5.32 Å². The van der Waals surface area contributed by atoms with E-state index in [0.29, 0.717) is 0 Å². The van der Waals surface area contributed by atoms with Crippen LogP contribution in [0.3, 0.4) is 0 Å². The van der Waals surface area contributed by atoms with Gasteiger partial charge in [0.15, 0.2) is 0 Å². The number of nitrogens with one attached hydrogen (secondary N) is 1. The van der Waals surface area contributed by atoms with E-state index in [4.69, 9.17) is 0 Å². The van der Waals surface area contributed by atoms with Gasteiger partial charge in [-0.3, -0.25) is 0 Å². The second-order valence-corrected chi connectivity index (χ2v) is 5.35. The molecule has 15 heavy (non-hydrogen) atoms. The molecule has 1 aliphatic rings. The van der Waals surface area contributed by atoms with E-state index in [1.165, 1.54) is 29.5 Å². The molecule has 1 fully saturated rings. The zero-order valence-electron chi connectivity index (χ0n) is 8.70. The summed E-state index contributed by atoms with van der Waals surface area (Å²) < 4.78 is 1.43. The molecule has 1 saturated heterocycles. The fourth-order valence-corrected chi connectivity index (χ4v) is 3.50. The fourth-order valence-electron chi connectivity index (χ4n) is 2.30. The molecule has 1 aromatic carbocycles. The lowest BCUT2D eigenvalue weighted by Crippen LogP contribution is -2.27. The Labute approximate surface area is 94.1 Å². The summed E-state index contributed by atoms with van der Waals surface area (Å²) in [6, 6.07) is 11.1. The first-order valence-corrected chi connectivity index (χ1v) is 6.44. The molecular weight excluding hydrogens is 202 g/mol. The molecule has 0 amide bonds. The van der Waals surface area contributed by atoms with Crippen molar-refractivity contribution in [3.63, 3.8) is 0 Å². The van der Waals surface area contributed by atoms with Crippen molar-refractivity contribution >= 4 is 21.4 Å². The van der Waals surface area contributed by atoms with E-state index >= 15 is 0 Å². The molecule has 0 saturated carbocycles. The van der Waals surface area contributed by atoms with E-state index in [2.05, 4.69) is 35.6 Å². The molecule has 0 radical (unpaired) electrons. The monoisotopic (exact) mass is 217 g/mol. The Hall–Kier alpha value is -0.860. The van der Waals surface area contributed by atoms with E-state index in [0.717, 1.165) is 12.5 Å². The molecule has 0 spiro atoms. The summed E-state index contributed by atoms with van der Waals surface area (Å²) in [7, 11) is 0. The van der Waals surface area contributed by atoms with Gasteiger partial charge in [0, 0.05) is 22.0 Å². The Morgan fingerprint density at radius 1 is 1.27 bits per heavy atom. The first-order valence-electron chi connectivity index (χ1n) is 5.63.